The normalized spacial score (nSPS) is 12.6. The Balaban J connectivity index is 1.55. The first-order valence-corrected chi connectivity index (χ1v) is 10.8. The summed E-state index contributed by atoms with van der Waals surface area (Å²) in [5.41, 5.74) is 1.26. The summed E-state index contributed by atoms with van der Waals surface area (Å²) in [7, 11) is 0. The van der Waals surface area contributed by atoms with E-state index in [9.17, 15) is 29.4 Å². The van der Waals surface area contributed by atoms with Gasteiger partial charge in [0, 0.05) is 49.5 Å². The molecule has 12 nitrogen and oxygen atoms in total. The maximum absolute atomic E-state index is 12.0. The van der Waals surface area contributed by atoms with Crippen molar-refractivity contribution in [1.29, 1.82) is 0 Å². The Morgan fingerprint density at radius 2 is 1.12 bits per heavy atom. The van der Waals surface area contributed by atoms with Crippen LogP contribution in [0.2, 0.25) is 0 Å². The summed E-state index contributed by atoms with van der Waals surface area (Å²) in [5, 5.41) is 23.6. The molecule has 2 amide bonds. The summed E-state index contributed by atoms with van der Waals surface area (Å²) >= 11 is 0. The first kappa shape index (κ1) is 25.6. The van der Waals surface area contributed by atoms with Crippen molar-refractivity contribution >= 4 is 23.8 Å². The van der Waals surface area contributed by atoms with Crippen molar-refractivity contribution in [3.8, 4) is 0 Å². The molecule has 0 fully saturated rings. The van der Waals surface area contributed by atoms with Crippen molar-refractivity contribution in [3.05, 3.63) is 36.4 Å². The zero-order valence-corrected chi connectivity index (χ0v) is 18.2. The number of H-pyrrole nitrogens is 2. The van der Waals surface area contributed by atoms with Gasteiger partial charge in [-0.15, -0.1) is 0 Å². The Hall–Kier alpha value is -3.70. The molecule has 2 rings (SSSR count). The summed E-state index contributed by atoms with van der Waals surface area (Å²) in [4.78, 5) is 60.0. The Morgan fingerprint density at radius 1 is 0.727 bits per heavy atom. The van der Waals surface area contributed by atoms with Crippen molar-refractivity contribution in [1.82, 2.24) is 30.6 Å². The highest BCUT2D eigenvalue weighted by Crippen LogP contribution is 2.08. The molecule has 0 radical (unpaired) electrons. The number of carbonyl (C=O) groups is 4. The number of aliphatic carboxylic acids is 2. The summed E-state index contributed by atoms with van der Waals surface area (Å²) < 4.78 is 0. The van der Waals surface area contributed by atoms with E-state index in [0.29, 0.717) is 24.2 Å². The Morgan fingerprint density at radius 3 is 1.45 bits per heavy atom. The lowest BCUT2D eigenvalue weighted by Crippen LogP contribution is -2.42. The Kier molecular flexibility index (Phi) is 10.6. The summed E-state index contributed by atoms with van der Waals surface area (Å²) in [6, 6.07) is -2.03. The third-order valence-electron chi connectivity index (χ3n) is 5.03. The molecule has 2 unspecified atom stereocenters. The van der Waals surface area contributed by atoms with Gasteiger partial charge in [0.25, 0.3) is 0 Å². The molecule has 180 valence electrons. The number of aromatic nitrogens is 4. The summed E-state index contributed by atoms with van der Waals surface area (Å²) in [6.07, 6.45) is 10.2. The monoisotopic (exact) mass is 462 g/mol. The number of carbonyl (C=O) groups excluding carboxylic acids is 2. The smallest absolute Gasteiger partial charge is 0.326 e. The number of nitrogens with one attached hydrogen (secondary N) is 4. The zero-order chi connectivity index (χ0) is 24.1. The molecular formula is C21H30N6O6. The highest BCUT2D eigenvalue weighted by Gasteiger charge is 2.21. The van der Waals surface area contributed by atoms with Crippen LogP contribution in [0.1, 0.15) is 56.3 Å². The molecule has 12 heteroatoms. The fourth-order valence-electron chi connectivity index (χ4n) is 3.27. The average molecular weight is 463 g/mol. The predicted octanol–water partition coefficient (Wildman–Crippen LogP) is 0.788. The van der Waals surface area contributed by atoms with Crippen LogP contribution in [0.15, 0.2) is 25.0 Å². The van der Waals surface area contributed by atoms with Crippen molar-refractivity contribution in [2.45, 2.75) is 69.9 Å². The van der Waals surface area contributed by atoms with Crippen LogP contribution in [0.25, 0.3) is 0 Å². The number of amides is 2. The molecule has 0 aliphatic heterocycles. The third kappa shape index (κ3) is 9.97. The van der Waals surface area contributed by atoms with Crippen molar-refractivity contribution in [3.63, 3.8) is 0 Å². The minimum Gasteiger partial charge on any atom is -0.480 e. The van der Waals surface area contributed by atoms with E-state index in [-0.39, 0.29) is 37.5 Å². The van der Waals surface area contributed by atoms with E-state index in [1.807, 2.05) is 0 Å². The minimum atomic E-state index is -1.11. The highest BCUT2D eigenvalue weighted by molar-refractivity contribution is 5.84. The molecule has 33 heavy (non-hydrogen) atoms. The molecule has 0 aliphatic carbocycles. The van der Waals surface area contributed by atoms with Crippen LogP contribution in [0.3, 0.4) is 0 Å². The molecule has 6 N–H and O–H groups in total. The third-order valence-corrected chi connectivity index (χ3v) is 5.03. The fourth-order valence-corrected chi connectivity index (χ4v) is 3.27. The lowest BCUT2D eigenvalue weighted by Gasteiger charge is -2.14. The summed E-state index contributed by atoms with van der Waals surface area (Å²) in [6.45, 7) is 0. The van der Waals surface area contributed by atoms with E-state index < -0.39 is 24.0 Å². The average Bonchev–Trinajstić information content (AvgIpc) is 3.46. The van der Waals surface area contributed by atoms with Crippen molar-refractivity contribution in [2.75, 3.05) is 0 Å². The number of imidazole rings is 2. The van der Waals surface area contributed by atoms with E-state index in [4.69, 9.17) is 0 Å². The quantitative estimate of drug-likeness (QED) is 0.197. The fraction of sp³-hybridized carbons (Fsp3) is 0.524. The standard InChI is InChI=1S/C21H30N6O6/c28-18(26-16(20(30)31)8-14-10-22-12-24-14)6-4-2-1-3-5-7-19(29)27-17(21(32)33)9-15-11-23-13-25-15/h10-13,16-17H,1-9H2,(H,22,24)(H,23,25)(H,26,28)(H,27,29)(H,30,31)(H,32,33). The number of unbranched alkanes of at least 4 members (excludes halogenated alkanes) is 4. The number of hydrogen-bond donors (Lipinski definition) is 6. The second-order valence-electron chi connectivity index (χ2n) is 7.75. The Bertz CT molecular complexity index is 811. The predicted molar refractivity (Wildman–Crippen MR) is 116 cm³/mol. The minimum absolute atomic E-state index is 0.133. The van der Waals surface area contributed by atoms with E-state index in [1.165, 1.54) is 25.0 Å². The van der Waals surface area contributed by atoms with E-state index >= 15 is 0 Å². The molecule has 2 atom stereocenters. The molecule has 0 spiro atoms. The van der Waals surface area contributed by atoms with Crippen LogP contribution in [0.4, 0.5) is 0 Å². The van der Waals surface area contributed by atoms with Gasteiger partial charge in [0.2, 0.25) is 11.8 Å². The zero-order valence-electron chi connectivity index (χ0n) is 18.2. The topological polar surface area (TPSA) is 190 Å². The first-order valence-electron chi connectivity index (χ1n) is 10.8. The van der Waals surface area contributed by atoms with Crippen molar-refractivity contribution in [2.24, 2.45) is 0 Å². The van der Waals surface area contributed by atoms with Crippen LogP contribution < -0.4 is 10.6 Å². The van der Waals surface area contributed by atoms with Gasteiger partial charge in [0.1, 0.15) is 12.1 Å². The number of rotatable bonds is 16. The molecule has 0 saturated heterocycles. The van der Waals surface area contributed by atoms with Gasteiger partial charge in [-0.2, -0.15) is 0 Å². The molecule has 0 bridgehead atoms. The number of aromatic amines is 2. The van der Waals surface area contributed by atoms with Gasteiger partial charge in [-0.1, -0.05) is 19.3 Å². The second-order valence-corrected chi connectivity index (χ2v) is 7.75. The SMILES string of the molecule is O=C(CCCCCCCC(=O)NC(Cc1cnc[nH]1)C(=O)O)NC(Cc1cnc[nH]1)C(=O)O. The van der Waals surface area contributed by atoms with Gasteiger partial charge in [-0.05, 0) is 12.8 Å². The maximum Gasteiger partial charge on any atom is 0.326 e. The molecular weight excluding hydrogens is 432 g/mol. The van der Waals surface area contributed by atoms with Crippen LogP contribution >= 0.6 is 0 Å². The molecule has 0 aliphatic rings. The van der Waals surface area contributed by atoms with Crippen LogP contribution in [-0.4, -0.2) is 66.0 Å². The number of carboxylic acid groups (broad SMARTS) is 2. The van der Waals surface area contributed by atoms with E-state index in [2.05, 4.69) is 30.6 Å². The van der Waals surface area contributed by atoms with Gasteiger partial charge in [-0.25, -0.2) is 19.6 Å². The summed E-state index contributed by atoms with van der Waals surface area (Å²) in [5.74, 6) is -2.85. The van der Waals surface area contributed by atoms with Gasteiger partial charge < -0.3 is 30.8 Å². The van der Waals surface area contributed by atoms with Gasteiger partial charge in [0.15, 0.2) is 0 Å². The second kappa shape index (κ2) is 13.7. The lowest BCUT2D eigenvalue weighted by atomic mass is 10.1. The van der Waals surface area contributed by atoms with Crippen LogP contribution in [-0.2, 0) is 32.0 Å². The lowest BCUT2D eigenvalue weighted by molar-refractivity contribution is -0.142. The van der Waals surface area contributed by atoms with Gasteiger partial charge in [0.05, 0.1) is 12.7 Å². The molecule has 0 saturated carbocycles. The van der Waals surface area contributed by atoms with E-state index in [0.717, 1.165) is 19.3 Å². The molecule has 2 aromatic rings. The number of hydrogen-bond acceptors (Lipinski definition) is 6. The number of carboxylic acids is 2. The first-order chi connectivity index (χ1) is 15.8. The van der Waals surface area contributed by atoms with Crippen molar-refractivity contribution < 1.29 is 29.4 Å². The van der Waals surface area contributed by atoms with Gasteiger partial charge in [-0.3, -0.25) is 9.59 Å². The van der Waals surface area contributed by atoms with Gasteiger partial charge >= 0.3 is 11.9 Å². The van der Waals surface area contributed by atoms with E-state index in [1.54, 1.807) is 0 Å². The maximum atomic E-state index is 12.0. The van der Waals surface area contributed by atoms with Crippen LogP contribution in [0, 0.1) is 0 Å². The highest BCUT2D eigenvalue weighted by atomic mass is 16.4. The molecule has 0 aromatic carbocycles. The number of nitrogens with zero attached hydrogens (tertiary/aromatic N) is 2. The Labute approximate surface area is 190 Å². The largest absolute Gasteiger partial charge is 0.480 e. The van der Waals surface area contributed by atoms with Crippen LogP contribution in [0.5, 0.6) is 0 Å². The molecule has 2 heterocycles. The molecule has 2 aromatic heterocycles.